The molecule has 1 saturated heterocycles. The molecule has 1 N–H and O–H groups in total. The number of fused-ring (bicyclic) bond motifs is 1. The van der Waals surface area contributed by atoms with Gasteiger partial charge in [0.15, 0.2) is 5.82 Å². The maximum Gasteiger partial charge on any atom is 0.229 e. The van der Waals surface area contributed by atoms with Crippen molar-refractivity contribution in [2.45, 2.75) is 56.8 Å². The molecule has 2 aromatic heterocycles. The molecule has 146 valence electrons. The number of nitrogens with one attached hydrogen (secondary N) is 1. The zero-order valence-corrected chi connectivity index (χ0v) is 16.3. The highest BCUT2D eigenvalue weighted by molar-refractivity contribution is 5.84. The number of rotatable bonds is 5. The van der Waals surface area contributed by atoms with Crippen molar-refractivity contribution in [2.24, 2.45) is 0 Å². The molecular formula is C22H26N4O2. The van der Waals surface area contributed by atoms with Gasteiger partial charge >= 0.3 is 0 Å². The van der Waals surface area contributed by atoms with Gasteiger partial charge in [0, 0.05) is 47.9 Å². The number of para-hydroxylation sites is 1. The maximum atomic E-state index is 12.9. The molecule has 1 aromatic carbocycles. The van der Waals surface area contributed by atoms with Crippen LogP contribution in [0.25, 0.3) is 10.9 Å². The van der Waals surface area contributed by atoms with Gasteiger partial charge in [-0.05, 0) is 43.7 Å². The van der Waals surface area contributed by atoms with E-state index in [0.29, 0.717) is 18.9 Å². The van der Waals surface area contributed by atoms with E-state index < -0.39 is 0 Å². The van der Waals surface area contributed by atoms with Crippen molar-refractivity contribution in [3.63, 3.8) is 0 Å². The third kappa shape index (κ3) is 3.21. The lowest BCUT2D eigenvalue weighted by Crippen LogP contribution is -2.47. The molecule has 2 fully saturated rings. The first-order valence-electron chi connectivity index (χ1n) is 10.3. The molecule has 2 aliphatic rings. The zero-order valence-electron chi connectivity index (χ0n) is 16.3. The van der Waals surface area contributed by atoms with Crippen LogP contribution in [0, 0.1) is 0 Å². The Bertz CT molecular complexity index is 1000. The van der Waals surface area contributed by atoms with Crippen molar-refractivity contribution in [3.05, 3.63) is 47.7 Å². The lowest BCUT2D eigenvalue weighted by Gasteiger charge is -2.38. The van der Waals surface area contributed by atoms with Crippen molar-refractivity contribution in [1.82, 2.24) is 20.0 Å². The Morgan fingerprint density at radius 1 is 1.36 bits per heavy atom. The molecule has 3 aromatic rings. The summed E-state index contributed by atoms with van der Waals surface area (Å²) in [5.41, 5.74) is 2.11. The number of aromatic amines is 1. The summed E-state index contributed by atoms with van der Waals surface area (Å²) in [6.45, 7) is 3.65. The number of benzene rings is 1. The van der Waals surface area contributed by atoms with Gasteiger partial charge in [-0.2, -0.15) is 4.98 Å². The van der Waals surface area contributed by atoms with Gasteiger partial charge in [0.25, 0.3) is 0 Å². The lowest BCUT2D eigenvalue weighted by atomic mass is 9.81. The molecule has 1 saturated carbocycles. The molecule has 0 bridgehead atoms. The van der Waals surface area contributed by atoms with E-state index in [4.69, 9.17) is 4.52 Å². The van der Waals surface area contributed by atoms with E-state index in [9.17, 15) is 4.79 Å². The van der Waals surface area contributed by atoms with Gasteiger partial charge in [0.05, 0.1) is 0 Å². The van der Waals surface area contributed by atoms with Crippen LogP contribution in [0.2, 0.25) is 0 Å². The second-order valence-corrected chi connectivity index (χ2v) is 8.57. The average molecular weight is 378 g/mol. The van der Waals surface area contributed by atoms with Crippen molar-refractivity contribution in [2.75, 3.05) is 13.1 Å². The number of piperidine rings is 1. The first-order chi connectivity index (χ1) is 13.6. The third-order valence-corrected chi connectivity index (χ3v) is 6.24. The largest absolute Gasteiger partial charge is 0.361 e. The Hall–Kier alpha value is -2.63. The molecule has 0 radical (unpaired) electrons. The molecule has 1 amide bonds. The summed E-state index contributed by atoms with van der Waals surface area (Å²) < 4.78 is 5.47. The van der Waals surface area contributed by atoms with E-state index in [1.807, 2.05) is 23.2 Å². The highest BCUT2D eigenvalue weighted by Crippen LogP contribution is 2.40. The smallest absolute Gasteiger partial charge is 0.229 e. The molecule has 1 atom stereocenters. The highest BCUT2D eigenvalue weighted by Gasteiger charge is 2.40. The second-order valence-electron chi connectivity index (χ2n) is 8.57. The van der Waals surface area contributed by atoms with Crippen molar-refractivity contribution < 1.29 is 9.32 Å². The van der Waals surface area contributed by atoms with Crippen molar-refractivity contribution in [1.29, 1.82) is 0 Å². The van der Waals surface area contributed by atoms with Crippen molar-refractivity contribution in [3.8, 4) is 0 Å². The summed E-state index contributed by atoms with van der Waals surface area (Å²) >= 11 is 0. The van der Waals surface area contributed by atoms with E-state index in [0.717, 1.165) is 55.9 Å². The lowest BCUT2D eigenvalue weighted by molar-refractivity contribution is -0.133. The second kappa shape index (κ2) is 6.76. The number of aromatic nitrogens is 3. The fourth-order valence-electron chi connectivity index (χ4n) is 4.35. The van der Waals surface area contributed by atoms with Gasteiger partial charge in [-0.3, -0.25) is 4.79 Å². The number of carbonyl (C=O) groups excluding carboxylic acids is 1. The summed E-state index contributed by atoms with van der Waals surface area (Å²) in [5, 5.41) is 5.47. The van der Waals surface area contributed by atoms with Gasteiger partial charge < -0.3 is 14.4 Å². The fraction of sp³-hybridized carbons (Fsp3) is 0.500. The first kappa shape index (κ1) is 17.5. The summed E-state index contributed by atoms with van der Waals surface area (Å²) in [7, 11) is 0. The molecule has 0 spiro atoms. The van der Waals surface area contributed by atoms with Crippen LogP contribution in [0.4, 0.5) is 0 Å². The molecule has 1 aliphatic carbocycles. The van der Waals surface area contributed by atoms with Crippen LogP contribution in [-0.2, 0) is 16.6 Å². The summed E-state index contributed by atoms with van der Waals surface area (Å²) in [4.78, 5) is 22.9. The van der Waals surface area contributed by atoms with E-state index in [2.05, 4.69) is 34.2 Å². The van der Waals surface area contributed by atoms with Crippen molar-refractivity contribution >= 4 is 16.8 Å². The Morgan fingerprint density at radius 3 is 3.07 bits per heavy atom. The number of hydrogen-bond acceptors (Lipinski definition) is 4. The molecule has 3 heterocycles. The molecule has 6 heteroatoms. The van der Waals surface area contributed by atoms with Crippen LogP contribution in [0.15, 0.2) is 35.0 Å². The van der Waals surface area contributed by atoms with Crippen LogP contribution in [0.3, 0.4) is 0 Å². The normalized spacial score (nSPS) is 22.7. The standard InChI is InChI=1S/C22H26N4O2/c1-22(21-24-20(28-25-21)15-7-8-15)11-4-12-26(14-22)19(27)10-9-16-13-23-18-6-3-2-5-17(16)18/h2-3,5-6,13,15,23H,4,7-12,14H2,1H3. The van der Waals surface area contributed by atoms with Gasteiger partial charge in [0.1, 0.15) is 0 Å². The third-order valence-electron chi connectivity index (χ3n) is 6.24. The van der Waals surface area contributed by atoms with Crippen LogP contribution in [0.1, 0.15) is 62.2 Å². The predicted molar refractivity (Wildman–Crippen MR) is 106 cm³/mol. The molecular weight excluding hydrogens is 352 g/mol. The first-order valence-corrected chi connectivity index (χ1v) is 10.3. The molecule has 5 rings (SSSR count). The van der Waals surface area contributed by atoms with Crippen LogP contribution in [0.5, 0.6) is 0 Å². The van der Waals surface area contributed by atoms with Gasteiger partial charge in [-0.1, -0.05) is 30.3 Å². The number of hydrogen-bond donors (Lipinski definition) is 1. The Kier molecular flexibility index (Phi) is 4.22. The predicted octanol–water partition coefficient (Wildman–Crippen LogP) is 3.94. The minimum atomic E-state index is -0.217. The molecule has 1 aliphatic heterocycles. The summed E-state index contributed by atoms with van der Waals surface area (Å²) in [6.07, 6.45) is 7.57. The highest BCUT2D eigenvalue weighted by atomic mass is 16.5. The van der Waals surface area contributed by atoms with Crippen LogP contribution in [-0.4, -0.2) is 39.0 Å². The van der Waals surface area contributed by atoms with E-state index in [-0.39, 0.29) is 11.3 Å². The number of carbonyl (C=O) groups is 1. The SMILES string of the molecule is CC1(c2noc(C3CC3)n2)CCCN(C(=O)CCc2c[nH]c3ccccc23)C1. The Morgan fingerprint density at radius 2 is 2.21 bits per heavy atom. The van der Waals surface area contributed by atoms with Gasteiger partial charge in [-0.25, -0.2) is 0 Å². The summed E-state index contributed by atoms with van der Waals surface area (Å²) in [6, 6.07) is 8.24. The number of aryl methyl sites for hydroxylation is 1. The number of likely N-dealkylation sites (tertiary alicyclic amines) is 1. The van der Waals surface area contributed by atoms with E-state index >= 15 is 0 Å². The molecule has 28 heavy (non-hydrogen) atoms. The maximum absolute atomic E-state index is 12.9. The summed E-state index contributed by atoms with van der Waals surface area (Å²) in [5.74, 6) is 2.21. The molecule has 6 nitrogen and oxygen atoms in total. The minimum absolute atomic E-state index is 0.210. The number of nitrogens with zero attached hydrogens (tertiary/aromatic N) is 3. The van der Waals surface area contributed by atoms with Crippen LogP contribution >= 0.6 is 0 Å². The molecule has 1 unspecified atom stereocenters. The van der Waals surface area contributed by atoms with Gasteiger partial charge in [0.2, 0.25) is 11.8 Å². The van der Waals surface area contributed by atoms with Crippen LogP contribution < -0.4 is 0 Å². The van der Waals surface area contributed by atoms with Gasteiger partial charge in [-0.15, -0.1) is 0 Å². The number of amides is 1. The average Bonchev–Trinajstić information content (AvgIpc) is 3.28. The minimum Gasteiger partial charge on any atom is -0.361 e. The zero-order chi connectivity index (χ0) is 19.1. The quantitative estimate of drug-likeness (QED) is 0.730. The van der Waals surface area contributed by atoms with E-state index in [1.54, 1.807) is 0 Å². The Balaban J connectivity index is 1.25. The van der Waals surface area contributed by atoms with E-state index in [1.165, 1.54) is 10.9 Å². The Labute approximate surface area is 164 Å². The monoisotopic (exact) mass is 378 g/mol. The fourth-order valence-corrected chi connectivity index (χ4v) is 4.35. The number of H-pyrrole nitrogens is 1. The topological polar surface area (TPSA) is 75.0 Å².